The van der Waals surface area contributed by atoms with Crippen LogP contribution in [0.25, 0.3) is 6.08 Å². The summed E-state index contributed by atoms with van der Waals surface area (Å²) in [6, 6.07) is 10.7. The van der Waals surface area contributed by atoms with E-state index in [1.165, 1.54) is 6.08 Å². The number of amides is 1. The number of methoxy groups -OCH3 is 2. The van der Waals surface area contributed by atoms with Gasteiger partial charge in [0.05, 0.1) is 14.2 Å². The predicted octanol–water partition coefficient (Wildman–Crippen LogP) is 3.08. The van der Waals surface area contributed by atoms with Crippen molar-refractivity contribution >= 4 is 17.7 Å². The highest BCUT2D eigenvalue weighted by atomic mass is 16.7. The molecule has 0 unspecified atom stereocenters. The Hall–Kier alpha value is -3.15. The summed E-state index contributed by atoms with van der Waals surface area (Å²) >= 11 is 0. The minimum absolute atomic E-state index is 0.224. The molecule has 3 rings (SSSR count). The molecule has 1 N–H and O–H groups in total. The van der Waals surface area contributed by atoms with E-state index < -0.39 is 0 Å². The summed E-state index contributed by atoms with van der Waals surface area (Å²) in [5.41, 5.74) is 1.47. The number of fused-ring (bicyclic) bond motifs is 1. The fourth-order valence-electron chi connectivity index (χ4n) is 2.29. The maximum Gasteiger partial charge on any atom is 0.248 e. The van der Waals surface area contributed by atoms with Crippen LogP contribution in [0.5, 0.6) is 23.0 Å². The Morgan fingerprint density at radius 2 is 1.83 bits per heavy atom. The minimum Gasteiger partial charge on any atom is -0.493 e. The predicted molar refractivity (Wildman–Crippen MR) is 89.8 cm³/mol. The third kappa shape index (κ3) is 3.43. The molecule has 0 fully saturated rings. The summed E-state index contributed by atoms with van der Waals surface area (Å²) in [6.07, 6.45) is 3.16. The van der Waals surface area contributed by atoms with Crippen molar-refractivity contribution in [2.24, 2.45) is 0 Å². The zero-order chi connectivity index (χ0) is 16.9. The number of hydrogen-bond donors (Lipinski definition) is 1. The maximum atomic E-state index is 12.0. The van der Waals surface area contributed by atoms with E-state index in [1.54, 1.807) is 38.5 Å². The van der Waals surface area contributed by atoms with E-state index in [-0.39, 0.29) is 12.7 Å². The summed E-state index contributed by atoms with van der Waals surface area (Å²) in [6.45, 7) is 0.224. The molecule has 0 atom stereocenters. The van der Waals surface area contributed by atoms with Gasteiger partial charge in [-0.2, -0.15) is 0 Å². The molecule has 0 spiro atoms. The number of rotatable bonds is 5. The first-order chi connectivity index (χ1) is 11.7. The molecule has 0 saturated heterocycles. The average Bonchev–Trinajstić information content (AvgIpc) is 3.07. The lowest BCUT2D eigenvalue weighted by molar-refractivity contribution is -0.111. The lowest BCUT2D eigenvalue weighted by atomic mass is 10.2. The van der Waals surface area contributed by atoms with Crippen LogP contribution in [0, 0.1) is 0 Å². The zero-order valence-corrected chi connectivity index (χ0v) is 13.4. The molecule has 1 amide bonds. The van der Waals surface area contributed by atoms with Crippen LogP contribution >= 0.6 is 0 Å². The van der Waals surface area contributed by atoms with Gasteiger partial charge in [-0.3, -0.25) is 4.79 Å². The lowest BCUT2D eigenvalue weighted by Gasteiger charge is -2.09. The summed E-state index contributed by atoms with van der Waals surface area (Å²) in [7, 11) is 3.10. The monoisotopic (exact) mass is 327 g/mol. The summed E-state index contributed by atoms with van der Waals surface area (Å²) in [4.78, 5) is 12.0. The van der Waals surface area contributed by atoms with E-state index in [1.807, 2.05) is 18.2 Å². The van der Waals surface area contributed by atoms with Gasteiger partial charge in [0.1, 0.15) is 0 Å². The van der Waals surface area contributed by atoms with Crippen molar-refractivity contribution in [3.05, 3.63) is 48.0 Å². The molecule has 0 aliphatic carbocycles. The lowest BCUT2D eigenvalue weighted by Crippen LogP contribution is -2.07. The molecule has 0 radical (unpaired) electrons. The molecule has 24 heavy (non-hydrogen) atoms. The molecule has 6 nitrogen and oxygen atoms in total. The summed E-state index contributed by atoms with van der Waals surface area (Å²) in [5.74, 6) is 2.29. The standard InChI is InChI=1S/C18H17NO5/c1-21-14-7-5-13(10-16(14)22-2)19-18(20)8-4-12-3-6-15-17(9-12)24-11-23-15/h3-10H,11H2,1-2H3,(H,19,20)/b8-4+. The number of benzene rings is 2. The molecule has 0 saturated carbocycles. The van der Waals surface area contributed by atoms with Crippen molar-refractivity contribution in [2.45, 2.75) is 0 Å². The highest BCUT2D eigenvalue weighted by molar-refractivity contribution is 6.02. The molecule has 2 aromatic carbocycles. The number of nitrogens with one attached hydrogen (secondary N) is 1. The van der Waals surface area contributed by atoms with Gasteiger partial charge in [0.2, 0.25) is 12.7 Å². The Morgan fingerprint density at radius 1 is 1.04 bits per heavy atom. The highest BCUT2D eigenvalue weighted by Gasteiger charge is 2.12. The van der Waals surface area contributed by atoms with Crippen molar-refractivity contribution in [3.8, 4) is 23.0 Å². The van der Waals surface area contributed by atoms with Gasteiger partial charge in [-0.1, -0.05) is 6.07 Å². The van der Waals surface area contributed by atoms with Crippen LogP contribution < -0.4 is 24.3 Å². The zero-order valence-electron chi connectivity index (χ0n) is 13.4. The molecular formula is C18H17NO5. The first-order valence-corrected chi connectivity index (χ1v) is 7.30. The van der Waals surface area contributed by atoms with Crippen LogP contribution in [-0.2, 0) is 4.79 Å². The second kappa shape index (κ2) is 6.95. The van der Waals surface area contributed by atoms with Gasteiger partial charge in [-0.05, 0) is 35.9 Å². The van der Waals surface area contributed by atoms with Crippen molar-refractivity contribution in [3.63, 3.8) is 0 Å². The van der Waals surface area contributed by atoms with E-state index in [4.69, 9.17) is 18.9 Å². The van der Waals surface area contributed by atoms with Crippen LogP contribution in [-0.4, -0.2) is 26.9 Å². The van der Waals surface area contributed by atoms with E-state index in [9.17, 15) is 4.79 Å². The summed E-state index contributed by atoms with van der Waals surface area (Å²) in [5, 5.41) is 2.77. The molecule has 1 aliphatic heterocycles. The number of carbonyl (C=O) groups excluding carboxylic acids is 1. The summed E-state index contributed by atoms with van der Waals surface area (Å²) < 4.78 is 20.9. The molecule has 1 heterocycles. The van der Waals surface area contributed by atoms with Gasteiger partial charge >= 0.3 is 0 Å². The molecule has 6 heteroatoms. The Kier molecular flexibility index (Phi) is 4.56. The van der Waals surface area contributed by atoms with Gasteiger partial charge in [-0.25, -0.2) is 0 Å². The van der Waals surface area contributed by atoms with E-state index >= 15 is 0 Å². The smallest absolute Gasteiger partial charge is 0.248 e. The van der Waals surface area contributed by atoms with E-state index in [0.717, 1.165) is 5.56 Å². The largest absolute Gasteiger partial charge is 0.493 e. The number of anilines is 1. The van der Waals surface area contributed by atoms with Crippen molar-refractivity contribution < 1.29 is 23.7 Å². The van der Waals surface area contributed by atoms with Crippen molar-refractivity contribution in [1.29, 1.82) is 0 Å². The highest BCUT2D eigenvalue weighted by Crippen LogP contribution is 2.33. The molecule has 1 aliphatic rings. The Morgan fingerprint density at radius 3 is 2.62 bits per heavy atom. The van der Waals surface area contributed by atoms with Crippen LogP contribution in [0.15, 0.2) is 42.5 Å². The Balaban J connectivity index is 1.67. The first-order valence-electron chi connectivity index (χ1n) is 7.30. The quantitative estimate of drug-likeness (QED) is 0.855. The number of hydrogen-bond acceptors (Lipinski definition) is 5. The van der Waals surface area contributed by atoms with Crippen molar-refractivity contribution in [2.75, 3.05) is 26.3 Å². The third-order valence-corrected chi connectivity index (χ3v) is 3.47. The number of carbonyl (C=O) groups is 1. The van der Waals surface area contributed by atoms with Crippen LogP contribution in [0.3, 0.4) is 0 Å². The van der Waals surface area contributed by atoms with Gasteiger partial charge < -0.3 is 24.3 Å². The fourth-order valence-corrected chi connectivity index (χ4v) is 2.29. The second-order valence-electron chi connectivity index (χ2n) is 5.01. The third-order valence-electron chi connectivity index (χ3n) is 3.47. The minimum atomic E-state index is -0.250. The fraction of sp³-hybridized carbons (Fsp3) is 0.167. The van der Waals surface area contributed by atoms with Crippen LogP contribution in [0.1, 0.15) is 5.56 Å². The van der Waals surface area contributed by atoms with Crippen molar-refractivity contribution in [1.82, 2.24) is 0 Å². The topological polar surface area (TPSA) is 66.0 Å². The van der Waals surface area contributed by atoms with Gasteiger partial charge in [0.25, 0.3) is 0 Å². The van der Waals surface area contributed by atoms with E-state index in [0.29, 0.717) is 28.7 Å². The molecule has 0 aromatic heterocycles. The Bertz CT molecular complexity index is 785. The normalized spacial score (nSPS) is 12.2. The van der Waals surface area contributed by atoms with Crippen LogP contribution in [0.4, 0.5) is 5.69 Å². The second-order valence-corrected chi connectivity index (χ2v) is 5.01. The SMILES string of the molecule is COc1ccc(NC(=O)/C=C/c2ccc3c(c2)OCO3)cc1OC. The first kappa shape index (κ1) is 15.7. The maximum absolute atomic E-state index is 12.0. The van der Waals surface area contributed by atoms with E-state index in [2.05, 4.69) is 5.32 Å². The number of ether oxygens (including phenoxy) is 4. The Labute approximate surface area is 139 Å². The van der Waals surface area contributed by atoms with Crippen LogP contribution in [0.2, 0.25) is 0 Å². The molecular weight excluding hydrogens is 310 g/mol. The van der Waals surface area contributed by atoms with Gasteiger partial charge in [0, 0.05) is 17.8 Å². The molecule has 124 valence electrons. The molecule has 2 aromatic rings. The molecule has 0 bridgehead atoms. The van der Waals surface area contributed by atoms with Gasteiger partial charge in [-0.15, -0.1) is 0 Å². The van der Waals surface area contributed by atoms with Gasteiger partial charge in [0.15, 0.2) is 23.0 Å². The average molecular weight is 327 g/mol.